The van der Waals surface area contributed by atoms with E-state index in [1.807, 2.05) is 30.3 Å². The largest absolute Gasteiger partial charge is 0.493 e. The number of hydrazone groups is 1. The third kappa shape index (κ3) is 6.91. The lowest BCUT2D eigenvalue weighted by molar-refractivity contribution is -0.123. The van der Waals surface area contributed by atoms with Gasteiger partial charge in [-0.2, -0.15) is 5.10 Å². The molecule has 1 N–H and O–H groups in total. The van der Waals surface area contributed by atoms with E-state index in [9.17, 15) is 4.79 Å². The Morgan fingerprint density at radius 1 is 1.03 bits per heavy atom. The summed E-state index contributed by atoms with van der Waals surface area (Å²) in [5.41, 5.74) is 3.97. The highest BCUT2D eigenvalue weighted by atomic mass is 35.5. The Kier molecular flexibility index (Phi) is 8.15. The van der Waals surface area contributed by atoms with Crippen molar-refractivity contribution < 1.29 is 19.0 Å². The molecule has 0 fully saturated rings. The van der Waals surface area contributed by atoms with Crippen molar-refractivity contribution in [1.82, 2.24) is 5.43 Å². The summed E-state index contributed by atoms with van der Waals surface area (Å²) in [6, 6.07) is 19.7. The van der Waals surface area contributed by atoms with Gasteiger partial charge in [-0.15, -0.1) is 0 Å². The highest BCUT2D eigenvalue weighted by Gasteiger charge is 2.12. The van der Waals surface area contributed by atoms with Crippen LogP contribution in [0.2, 0.25) is 10.0 Å². The van der Waals surface area contributed by atoms with E-state index in [0.717, 1.165) is 5.56 Å². The molecule has 0 saturated heterocycles. The van der Waals surface area contributed by atoms with E-state index in [1.165, 1.54) is 13.3 Å². The lowest BCUT2D eigenvalue weighted by atomic mass is 10.2. The number of benzene rings is 3. The van der Waals surface area contributed by atoms with Gasteiger partial charge in [-0.1, -0.05) is 53.5 Å². The van der Waals surface area contributed by atoms with E-state index >= 15 is 0 Å². The van der Waals surface area contributed by atoms with E-state index in [-0.39, 0.29) is 12.5 Å². The number of carbonyl (C=O) groups excluding carboxylic acids is 1. The van der Waals surface area contributed by atoms with Gasteiger partial charge in [0.2, 0.25) is 0 Å². The minimum Gasteiger partial charge on any atom is -0.493 e. The van der Waals surface area contributed by atoms with Crippen LogP contribution in [0.5, 0.6) is 17.2 Å². The lowest BCUT2D eigenvalue weighted by Gasteiger charge is -2.13. The van der Waals surface area contributed by atoms with Gasteiger partial charge in [0.25, 0.3) is 5.91 Å². The number of rotatable bonds is 9. The molecule has 0 spiro atoms. The molecule has 0 aliphatic rings. The van der Waals surface area contributed by atoms with Crippen molar-refractivity contribution in [2.75, 3.05) is 13.7 Å². The van der Waals surface area contributed by atoms with Crippen molar-refractivity contribution in [2.45, 2.75) is 6.61 Å². The summed E-state index contributed by atoms with van der Waals surface area (Å²) < 4.78 is 16.6. The molecule has 3 aromatic carbocycles. The average Bonchev–Trinajstić information content (AvgIpc) is 2.78. The Morgan fingerprint density at radius 3 is 2.48 bits per heavy atom. The van der Waals surface area contributed by atoms with Gasteiger partial charge in [0.1, 0.15) is 12.4 Å². The molecular weight excluding hydrogens is 439 g/mol. The van der Waals surface area contributed by atoms with Crippen LogP contribution in [-0.4, -0.2) is 25.8 Å². The molecule has 0 aliphatic carbocycles. The van der Waals surface area contributed by atoms with Crippen LogP contribution in [0.3, 0.4) is 0 Å². The Balaban J connectivity index is 1.58. The molecule has 8 heteroatoms. The second kappa shape index (κ2) is 11.2. The van der Waals surface area contributed by atoms with E-state index in [2.05, 4.69) is 10.5 Å². The number of methoxy groups -OCH3 is 1. The molecule has 0 heterocycles. The van der Waals surface area contributed by atoms with Crippen molar-refractivity contribution in [2.24, 2.45) is 5.10 Å². The summed E-state index contributed by atoms with van der Waals surface area (Å²) in [5.74, 6) is 1.08. The molecule has 0 radical (unpaired) electrons. The Morgan fingerprint density at radius 2 is 1.77 bits per heavy atom. The van der Waals surface area contributed by atoms with Crippen LogP contribution < -0.4 is 19.6 Å². The van der Waals surface area contributed by atoms with Gasteiger partial charge in [-0.05, 0) is 47.5 Å². The smallest absolute Gasteiger partial charge is 0.277 e. The summed E-state index contributed by atoms with van der Waals surface area (Å²) in [6.07, 6.45) is 1.46. The van der Waals surface area contributed by atoms with Gasteiger partial charge in [0.15, 0.2) is 18.1 Å². The zero-order chi connectivity index (χ0) is 22.1. The molecule has 0 bridgehead atoms. The maximum atomic E-state index is 11.9. The van der Waals surface area contributed by atoms with Gasteiger partial charge < -0.3 is 14.2 Å². The molecule has 3 rings (SSSR count). The Bertz CT molecular complexity index is 1040. The van der Waals surface area contributed by atoms with Gasteiger partial charge in [-0.3, -0.25) is 4.79 Å². The normalized spacial score (nSPS) is 10.7. The molecule has 6 nitrogen and oxygen atoms in total. The molecule has 0 aromatic heterocycles. The number of ether oxygens (including phenoxy) is 3. The third-order valence-corrected chi connectivity index (χ3v) is 4.60. The number of para-hydroxylation sites is 1. The van der Waals surface area contributed by atoms with Crippen LogP contribution in [0.1, 0.15) is 11.1 Å². The minimum atomic E-state index is -0.388. The summed E-state index contributed by atoms with van der Waals surface area (Å²) >= 11 is 12.3. The predicted octanol–water partition coefficient (Wildman–Crippen LogP) is 5.11. The van der Waals surface area contributed by atoms with Crippen LogP contribution in [-0.2, 0) is 11.4 Å². The van der Waals surface area contributed by atoms with Crippen LogP contribution in [0.25, 0.3) is 0 Å². The van der Waals surface area contributed by atoms with Crippen molar-refractivity contribution in [3.63, 3.8) is 0 Å². The molecule has 0 aliphatic heterocycles. The maximum absolute atomic E-state index is 11.9. The fourth-order valence-corrected chi connectivity index (χ4v) is 2.97. The lowest BCUT2D eigenvalue weighted by Crippen LogP contribution is -2.24. The predicted molar refractivity (Wildman–Crippen MR) is 121 cm³/mol. The van der Waals surface area contributed by atoms with Crippen LogP contribution in [0.15, 0.2) is 71.8 Å². The van der Waals surface area contributed by atoms with Gasteiger partial charge >= 0.3 is 0 Å². The van der Waals surface area contributed by atoms with Crippen LogP contribution in [0, 0.1) is 0 Å². The fraction of sp³-hybridized carbons (Fsp3) is 0.130. The zero-order valence-electron chi connectivity index (χ0n) is 16.7. The van der Waals surface area contributed by atoms with Gasteiger partial charge in [0, 0.05) is 5.02 Å². The number of halogens is 2. The Hall–Kier alpha value is -3.22. The summed E-state index contributed by atoms with van der Waals surface area (Å²) in [5, 5.41) is 4.94. The molecule has 31 heavy (non-hydrogen) atoms. The number of carbonyl (C=O) groups is 1. The maximum Gasteiger partial charge on any atom is 0.277 e. The first kappa shape index (κ1) is 22.5. The van der Waals surface area contributed by atoms with Crippen molar-refractivity contribution in [3.8, 4) is 17.2 Å². The van der Waals surface area contributed by atoms with E-state index in [4.69, 9.17) is 37.4 Å². The average molecular weight is 459 g/mol. The number of amides is 1. The summed E-state index contributed by atoms with van der Waals surface area (Å²) in [4.78, 5) is 11.9. The van der Waals surface area contributed by atoms with Gasteiger partial charge in [0.05, 0.1) is 18.3 Å². The molecule has 0 unspecified atom stereocenters. The molecule has 3 aromatic rings. The molecular formula is C23H20Cl2N2O4. The third-order valence-electron chi connectivity index (χ3n) is 4.06. The molecule has 160 valence electrons. The van der Waals surface area contributed by atoms with Gasteiger partial charge in [-0.25, -0.2) is 5.43 Å². The van der Waals surface area contributed by atoms with Crippen molar-refractivity contribution in [3.05, 3.63) is 87.9 Å². The van der Waals surface area contributed by atoms with Crippen LogP contribution >= 0.6 is 23.2 Å². The number of nitrogens with zero attached hydrogens (tertiary/aromatic N) is 1. The Labute approximate surface area is 190 Å². The van der Waals surface area contributed by atoms with E-state index in [0.29, 0.717) is 39.5 Å². The zero-order valence-corrected chi connectivity index (χ0v) is 18.2. The second-order valence-corrected chi connectivity index (χ2v) is 7.19. The first-order valence-electron chi connectivity index (χ1n) is 9.29. The quantitative estimate of drug-likeness (QED) is 0.357. The second-order valence-electron chi connectivity index (χ2n) is 6.34. The molecule has 0 saturated carbocycles. The highest BCUT2D eigenvalue weighted by Crippen LogP contribution is 2.36. The first-order valence-corrected chi connectivity index (χ1v) is 10.1. The number of hydrogen-bond acceptors (Lipinski definition) is 5. The topological polar surface area (TPSA) is 69.2 Å². The molecule has 0 atom stereocenters. The highest BCUT2D eigenvalue weighted by molar-refractivity contribution is 6.32. The monoisotopic (exact) mass is 458 g/mol. The number of hydrogen-bond donors (Lipinski definition) is 1. The van der Waals surface area contributed by atoms with E-state index < -0.39 is 0 Å². The minimum absolute atomic E-state index is 0.150. The van der Waals surface area contributed by atoms with E-state index in [1.54, 1.807) is 36.4 Å². The standard InChI is InChI=1S/C23H20Cl2N2O4/c1-29-21-12-17(13-26-27-22(28)15-30-19-5-3-2-4-6-19)11-20(25)23(21)31-14-16-7-9-18(24)10-8-16/h2-13H,14-15H2,1H3,(H,27,28)/b26-13-. The number of nitrogens with one attached hydrogen (secondary N) is 1. The SMILES string of the molecule is COc1cc(/C=N\NC(=O)COc2ccccc2)cc(Cl)c1OCc1ccc(Cl)cc1. The van der Waals surface area contributed by atoms with Crippen molar-refractivity contribution in [1.29, 1.82) is 0 Å². The van der Waals surface area contributed by atoms with Crippen molar-refractivity contribution >= 4 is 35.3 Å². The van der Waals surface area contributed by atoms with Crippen LogP contribution in [0.4, 0.5) is 0 Å². The molecule has 1 amide bonds. The summed E-state index contributed by atoms with van der Waals surface area (Å²) in [6.45, 7) is 0.154. The fourth-order valence-electron chi connectivity index (χ4n) is 2.57. The first-order chi connectivity index (χ1) is 15.0. The summed E-state index contributed by atoms with van der Waals surface area (Å²) in [7, 11) is 1.52.